The Labute approximate surface area is 110 Å². The summed E-state index contributed by atoms with van der Waals surface area (Å²) in [5.74, 6) is 0. The second-order valence-electron chi connectivity index (χ2n) is 5.19. The summed E-state index contributed by atoms with van der Waals surface area (Å²) in [6.07, 6.45) is 4.66. The number of rotatable bonds is 2. The van der Waals surface area contributed by atoms with Crippen LogP contribution >= 0.6 is 0 Å². The molecule has 0 atom stereocenters. The van der Waals surface area contributed by atoms with Crippen molar-refractivity contribution in [2.24, 2.45) is 0 Å². The van der Waals surface area contributed by atoms with Gasteiger partial charge in [-0.25, -0.2) is 0 Å². The summed E-state index contributed by atoms with van der Waals surface area (Å²) in [7, 11) is 0. The van der Waals surface area contributed by atoms with Crippen molar-refractivity contribution < 1.29 is 0 Å². The minimum Gasteiger partial charge on any atom is -0.0613 e. The van der Waals surface area contributed by atoms with Crippen molar-refractivity contribution in [3.8, 4) is 11.1 Å². The summed E-state index contributed by atoms with van der Waals surface area (Å²) in [5.41, 5.74) is 8.90. The van der Waals surface area contributed by atoms with Gasteiger partial charge >= 0.3 is 0 Å². The highest BCUT2D eigenvalue weighted by molar-refractivity contribution is 5.73. The Bertz CT molecular complexity index is 525. The quantitative estimate of drug-likeness (QED) is 0.716. The highest BCUT2D eigenvalue weighted by Crippen LogP contribution is 2.34. The molecule has 1 aliphatic rings. The lowest BCUT2D eigenvalue weighted by molar-refractivity contribution is 0.929. The molecule has 92 valence electrons. The molecule has 2 aromatic carbocycles. The standard InChI is InChI=1S/C18H20/c1-3-13-5-9-17-15(11-13)7-8-16-12-14(4-2)6-10-18(16)17/h5-6,9-12H,3-4,7-8H2,1-2H3. The molecular weight excluding hydrogens is 216 g/mol. The first kappa shape index (κ1) is 11.5. The van der Waals surface area contributed by atoms with Crippen molar-refractivity contribution in [3.05, 3.63) is 58.7 Å². The van der Waals surface area contributed by atoms with Gasteiger partial charge in [0.25, 0.3) is 0 Å². The molecule has 2 aromatic rings. The summed E-state index contributed by atoms with van der Waals surface area (Å²) in [6.45, 7) is 4.46. The van der Waals surface area contributed by atoms with Gasteiger partial charge < -0.3 is 0 Å². The molecule has 0 fully saturated rings. The van der Waals surface area contributed by atoms with E-state index < -0.39 is 0 Å². The maximum Gasteiger partial charge on any atom is -0.0149 e. The first-order chi connectivity index (χ1) is 8.81. The van der Waals surface area contributed by atoms with Crippen LogP contribution in [0.3, 0.4) is 0 Å². The molecule has 1 aliphatic carbocycles. The summed E-state index contributed by atoms with van der Waals surface area (Å²) in [4.78, 5) is 0. The van der Waals surface area contributed by atoms with E-state index in [4.69, 9.17) is 0 Å². The highest BCUT2D eigenvalue weighted by Gasteiger charge is 2.16. The molecule has 0 saturated heterocycles. The molecular formula is C18H20. The van der Waals surface area contributed by atoms with Crippen LogP contribution in [0.1, 0.15) is 36.1 Å². The van der Waals surface area contributed by atoms with Crippen LogP contribution < -0.4 is 0 Å². The molecule has 0 radical (unpaired) electrons. The Morgan fingerprint density at radius 1 is 0.722 bits per heavy atom. The molecule has 0 amide bonds. The number of hydrogen-bond acceptors (Lipinski definition) is 0. The van der Waals surface area contributed by atoms with Gasteiger partial charge in [0, 0.05) is 0 Å². The molecule has 0 saturated carbocycles. The van der Waals surface area contributed by atoms with Crippen molar-refractivity contribution in [3.63, 3.8) is 0 Å². The summed E-state index contributed by atoms with van der Waals surface area (Å²) in [6, 6.07) is 14.0. The maximum absolute atomic E-state index is 2.39. The molecule has 0 heteroatoms. The van der Waals surface area contributed by atoms with Crippen molar-refractivity contribution in [2.75, 3.05) is 0 Å². The minimum atomic E-state index is 1.13. The maximum atomic E-state index is 2.39. The second-order valence-corrected chi connectivity index (χ2v) is 5.19. The van der Waals surface area contributed by atoms with Crippen molar-refractivity contribution in [2.45, 2.75) is 39.5 Å². The van der Waals surface area contributed by atoms with Crippen LogP contribution in [-0.4, -0.2) is 0 Å². The van der Waals surface area contributed by atoms with Gasteiger partial charge in [-0.05, 0) is 59.1 Å². The molecule has 0 aromatic heterocycles. The molecule has 18 heavy (non-hydrogen) atoms. The second kappa shape index (κ2) is 4.61. The van der Waals surface area contributed by atoms with Gasteiger partial charge in [0.15, 0.2) is 0 Å². The molecule has 3 rings (SSSR count). The zero-order valence-corrected chi connectivity index (χ0v) is 11.3. The fourth-order valence-corrected chi connectivity index (χ4v) is 2.94. The van der Waals surface area contributed by atoms with E-state index in [0.717, 1.165) is 12.8 Å². The number of aryl methyl sites for hydroxylation is 4. The van der Waals surface area contributed by atoms with Gasteiger partial charge in [-0.2, -0.15) is 0 Å². The smallest absolute Gasteiger partial charge is 0.0149 e. The highest BCUT2D eigenvalue weighted by atomic mass is 14.2. The van der Waals surface area contributed by atoms with Crippen LogP contribution in [0.25, 0.3) is 11.1 Å². The van der Waals surface area contributed by atoms with E-state index in [0.29, 0.717) is 0 Å². The number of fused-ring (bicyclic) bond motifs is 3. The van der Waals surface area contributed by atoms with Gasteiger partial charge in [-0.1, -0.05) is 50.2 Å². The number of benzene rings is 2. The largest absolute Gasteiger partial charge is 0.0613 e. The molecule has 0 bridgehead atoms. The van der Waals surface area contributed by atoms with Gasteiger partial charge in [-0.3, -0.25) is 0 Å². The van der Waals surface area contributed by atoms with E-state index in [1.165, 1.54) is 46.2 Å². The molecule has 0 N–H and O–H groups in total. The van der Waals surface area contributed by atoms with E-state index in [-0.39, 0.29) is 0 Å². The summed E-state index contributed by atoms with van der Waals surface area (Å²) >= 11 is 0. The number of hydrogen-bond donors (Lipinski definition) is 0. The Morgan fingerprint density at radius 2 is 1.17 bits per heavy atom. The van der Waals surface area contributed by atoms with Crippen molar-refractivity contribution >= 4 is 0 Å². The van der Waals surface area contributed by atoms with Crippen molar-refractivity contribution in [1.29, 1.82) is 0 Å². The lowest BCUT2D eigenvalue weighted by atomic mass is 9.83. The van der Waals surface area contributed by atoms with Gasteiger partial charge in [0.05, 0.1) is 0 Å². The Morgan fingerprint density at radius 3 is 1.56 bits per heavy atom. The van der Waals surface area contributed by atoms with E-state index >= 15 is 0 Å². The van der Waals surface area contributed by atoms with Crippen LogP contribution in [0.15, 0.2) is 36.4 Å². The van der Waals surface area contributed by atoms with Crippen molar-refractivity contribution in [1.82, 2.24) is 0 Å². The van der Waals surface area contributed by atoms with Gasteiger partial charge in [-0.15, -0.1) is 0 Å². The SMILES string of the molecule is CCc1ccc2c(c1)CCc1cc(CC)ccc1-2. The average Bonchev–Trinajstić information content (AvgIpc) is 2.45. The topological polar surface area (TPSA) is 0 Å². The Balaban J connectivity index is 2.11. The lowest BCUT2D eigenvalue weighted by Gasteiger charge is -2.21. The molecule has 0 nitrogen and oxygen atoms in total. The fraction of sp³-hybridized carbons (Fsp3) is 0.333. The first-order valence-electron chi connectivity index (χ1n) is 7.05. The van der Waals surface area contributed by atoms with Crippen LogP contribution in [0, 0.1) is 0 Å². The van der Waals surface area contributed by atoms with Crippen LogP contribution in [0.2, 0.25) is 0 Å². The van der Waals surface area contributed by atoms with Crippen LogP contribution in [-0.2, 0) is 25.7 Å². The Kier molecular flexibility index (Phi) is 2.95. The average molecular weight is 236 g/mol. The zero-order chi connectivity index (χ0) is 12.5. The lowest BCUT2D eigenvalue weighted by Crippen LogP contribution is -2.05. The van der Waals surface area contributed by atoms with Gasteiger partial charge in [0.1, 0.15) is 0 Å². The monoisotopic (exact) mass is 236 g/mol. The minimum absolute atomic E-state index is 1.13. The van der Waals surface area contributed by atoms with Crippen LogP contribution in [0.4, 0.5) is 0 Å². The van der Waals surface area contributed by atoms with E-state index in [2.05, 4.69) is 50.2 Å². The van der Waals surface area contributed by atoms with E-state index in [9.17, 15) is 0 Å². The summed E-state index contributed by atoms with van der Waals surface area (Å²) < 4.78 is 0. The predicted molar refractivity (Wildman–Crippen MR) is 78.0 cm³/mol. The van der Waals surface area contributed by atoms with E-state index in [1.807, 2.05) is 0 Å². The molecule has 0 aliphatic heterocycles. The molecule has 0 spiro atoms. The third kappa shape index (κ3) is 1.86. The summed E-state index contributed by atoms with van der Waals surface area (Å²) in [5, 5.41) is 0. The van der Waals surface area contributed by atoms with Crippen LogP contribution in [0.5, 0.6) is 0 Å². The Hall–Kier alpha value is -1.56. The molecule has 0 heterocycles. The normalized spacial score (nSPS) is 13.0. The third-order valence-corrected chi connectivity index (χ3v) is 4.11. The zero-order valence-electron chi connectivity index (χ0n) is 11.3. The third-order valence-electron chi connectivity index (χ3n) is 4.11. The van der Waals surface area contributed by atoms with Gasteiger partial charge in [0.2, 0.25) is 0 Å². The first-order valence-corrected chi connectivity index (χ1v) is 7.05. The predicted octanol–water partition coefficient (Wildman–Crippen LogP) is 4.58. The van der Waals surface area contributed by atoms with E-state index in [1.54, 1.807) is 0 Å². The molecule has 0 unspecified atom stereocenters. The fourth-order valence-electron chi connectivity index (χ4n) is 2.94.